The second-order valence-corrected chi connectivity index (χ2v) is 2.36. The van der Waals surface area contributed by atoms with Gasteiger partial charge in [0.25, 0.3) is 0 Å². The first-order valence-corrected chi connectivity index (χ1v) is 3.27. The molecule has 1 aromatic rings. The van der Waals surface area contributed by atoms with E-state index in [0.717, 1.165) is 16.6 Å². The summed E-state index contributed by atoms with van der Waals surface area (Å²) in [6.45, 7) is 1.91. The van der Waals surface area contributed by atoms with Crippen LogP contribution in [0.4, 0.5) is 0 Å². The molecule has 0 unspecified atom stereocenters. The maximum atomic E-state index is 8.22. The Kier molecular flexibility index (Phi) is 2.31. The Morgan fingerprint density at radius 1 is 1.55 bits per heavy atom. The minimum Gasteiger partial charge on any atom is -0.411 e. The molecule has 0 aromatic heterocycles. The number of hydrogen-bond donors (Lipinski definition) is 1. The molecule has 0 saturated carbocycles. The minimum absolute atomic E-state index is 0.750. The third-order valence-corrected chi connectivity index (χ3v) is 1.50. The maximum Gasteiger partial charge on any atom is 0.114 e. The molecule has 0 spiro atoms. The summed E-state index contributed by atoms with van der Waals surface area (Å²) in [7, 11) is 5.58. The van der Waals surface area contributed by atoms with Crippen molar-refractivity contribution in [3.8, 4) is 0 Å². The third kappa shape index (κ3) is 1.83. The molecule has 0 amide bonds. The standard InChI is InChI=1S/C8H8BNO/c1-6-4-7(5-10-11)2-3-8(6)9/h2-5,11H,1H3/b10-5+. The Morgan fingerprint density at radius 3 is 2.82 bits per heavy atom. The van der Waals surface area contributed by atoms with Gasteiger partial charge in [-0.2, -0.15) is 0 Å². The van der Waals surface area contributed by atoms with Gasteiger partial charge in [0.15, 0.2) is 0 Å². The van der Waals surface area contributed by atoms with Crippen molar-refractivity contribution in [2.45, 2.75) is 6.92 Å². The van der Waals surface area contributed by atoms with Gasteiger partial charge in [0, 0.05) is 0 Å². The van der Waals surface area contributed by atoms with Crippen molar-refractivity contribution in [1.29, 1.82) is 0 Å². The van der Waals surface area contributed by atoms with Gasteiger partial charge in [0.1, 0.15) is 7.85 Å². The molecule has 1 N–H and O–H groups in total. The molecule has 3 heteroatoms. The fourth-order valence-electron chi connectivity index (χ4n) is 0.846. The summed E-state index contributed by atoms with van der Waals surface area (Å²) >= 11 is 0. The predicted molar refractivity (Wildman–Crippen MR) is 45.9 cm³/mol. The summed E-state index contributed by atoms with van der Waals surface area (Å²) in [4.78, 5) is 0. The van der Waals surface area contributed by atoms with E-state index in [1.807, 2.05) is 13.0 Å². The molecule has 0 saturated heterocycles. The molecule has 0 aliphatic rings. The maximum absolute atomic E-state index is 8.22. The topological polar surface area (TPSA) is 32.6 Å². The quantitative estimate of drug-likeness (QED) is 0.267. The van der Waals surface area contributed by atoms with Gasteiger partial charge in [-0.25, -0.2) is 0 Å². The zero-order valence-electron chi connectivity index (χ0n) is 6.28. The van der Waals surface area contributed by atoms with Crippen LogP contribution in [-0.2, 0) is 0 Å². The van der Waals surface area contributed by atoms with E-state index < -0.39 is 0 Å². The van der Waals surface area contributed by atoms with Gasteiger partial charge >= 0.3 is 0 Å². The zero-order chi connectivity index (χ0) is 8.27. The molecule has 0 fully saturated rings. The summed E-state index contributed by atoms with van der Waals surface area (Å²) in [6.07, 6.45) is 1.37. The Hall–Kier alpha value is -1.25. The first-order valence-electron chi connectivity index (χ1n) is 3.27. The molecule has 0 aliphatic heterocycles. The van der Waals surface area contributed by atoms with Gasteiger partial charge < -0.3 is 5.21 Å². The Balaban J connectivity index is 3.05. The zero-order valence-corrected chi connectivity index (χ0v) is 6.28. The number of nitrogens with zero attached hydrogens (tertiary/aromatic N) is 1. The fourth-order valence-corrected chi connectivity index (χ4v) is 0.846. The lowest BCUT2D eigenvalue weighted by molar-refractivity contribution is 0.322. The van der Waals surface area contributed by atoms with Crippen LogP contribution in [-0.4, -0.2) is 19.3 Å². The van der Waals surface area contributed by atoms with Crippen LogP contribution in [0.15, 0.2) is 23.4 Å². The van der Waals surface area contributed by atoms with Crippen LogP contribution in [0, 0.1) is 6.92 Å². The lowest BCUT2D eigenvalue weighted by Crippen LogP contribution is -2.06. The highest BCUT2D eigenvalue weighted by atomic mass is 16.4. The van der Waals surface area contributed by atoms with Crippen molar-refractivity contribution in [3.05, 3.63) is 29.3 Å². The van der Waals surface area contributed by atoms with Crippen molar-refractivity contribution < 1.29 is 5.21 Å². The Bertz CT molecular complexity index is 283. The minimum atomic E-state index is 0.750. The van der Waals surface area contributed by atoms with Gasteiger partial charge in [0.2, 0.25) is 0 Å². The second-order valence-electron chi connectivity index (χ2n) is 2.36. The Labute approximate surface area is 67.0 Å². The molecule has 1 rings (SSSR count). The highest BCUT2D eigenvalue weighted by Gasteiger charge is 1.91. The average molecular weight is 145 g/mol. The third-order valence-electron chi connectivity index (χ3n) is 1.50. The van der Waals surface area contributed by atoms with Crippen molar-refractivity contribution in [2.24, 2.45) is 5.16 Å². The first-order chi connectivity index (χ1) is 5.24. The van der Waals surface area contributed by atoms with Crippen LogP contribution in [0.3, 0.4) is 0 Å². The van der Waals surface area contributed by atoms with Crippen molar-refractivity contribution in [1.82, 2.24) is 0 Å². The summed E-state index contributed by atoms with van der Waals surface area (Å²) in [5.74, 6) is 0. The van der Waals surface area contributed by atoms with Crippen LogP contribution >= 0.6 is 0 Å². The first kappa shape index (κ1) is 7.86. The summed E-state index contributed by atoms with van der Waals surface area (Å²) in [6, 6.07) is 5.43. The number of benzene rings is 1. The van der Waals surface area contributed by atoms with E-state index in [1.165, 1.54) is 6.21 Å². The molecular weight excluding hydrogens is 137 g/mol. The highest BCUT2D eigenvalue weighted by Crippen LogP contribution is 1.97. The van der Waals surface area contributed by atoms with Gasteiger partial charge in [-0.3, -0.25) is 0 Å². The van der Waals surface area contributed by atoms with Crippen molar-refractivity contribution in [2.75, 3.05) is 0 Å². The second kappa shape index (κ2) is 3.24. The van der Waals surface area contributed by atoms with E-state index in [9.17, 15) is 0 Å². The van der Waals surface area contributed by atoms with E-state index in [4.69, 9.17) is 13.1 Å². The van der Waals surface area contributed by atoms with Gasteiger partial charge in [-0.05, 0) is 12.5 Å². The van der Waals surface area contributed by atoms with Crippen molar-refractivity contribution in [3.63, 3.8) is 0 Å². The molecule has 0 bridgehead atoms. The molecular formula is C8H8BNO. The van der Waals surface area contributed by atoms with Gasteiger partial charge in [-0.1, -0.05) is 34.4 Å². The number of aryl methyl sites for hydroxylation is 1. The van der Waals surface area contributed by atoms with Crippen LogP contribution in [0.5, 0.6) is 0 Å². The smallest absolute Gasteiger partial charge is 0.114 e. The monoisotopic (exact) mass is 145 g/mol. The summed E-state index contributed by atoms with van der Waals surface area (Å²) in [5.41, 5.74) is 2.58. The number of oxime groups is 1. The van der Waals surface area contributed by atoms with Crippen LogP contribution in [0.25, 0.3) is 0 Å². The SMILES string of the molecule is [B]c1ccc(/C=N/O)cc1C. The molecule has 2 nitrogen and oxygen atoms in total. The largest absolute Gasteiger partial charge is 0.411 e. The van der Waals surface area contributed by atoms with E-state index in [2.05, 4.69) is 5.16 Å². The molecule has 54 valence electrons. The van der Waals surface area contributed by atoms with E-state index >= 15 is 0 Å². The molecule has 11 heavy (non-hydrogen) atoms. The van der Waals surface area contributed by atoms with E-state index in [-0.39, 0.29) is 0 Å². The van der Waals surface area contributed by atoms with Gasteiger partial charge in [-0.15, -0.1) is 0 Å². The predicted octanol–water partition coefficient (Wildman–Crippen LogP) is 0.597. The summed E-state index contributed by atoms with van der Waals surface area (Å²) in [5, 5.41) is 11.1. The van der Waals surface area contributed by atoms with Crippen molar-refractivity contribution >= 4 is 19.5 Å². The molecule has 0 heterocycles. The lowest BCUT2D eigenvalue weighted by atomic mass is 9.90. The van der Waals surface area contributed by atoms with Crippen LogP contribution < -0.4 is 5.46 Å². The highest BCUT2D eigenvalue weighted by molar-refractivity contribution is 6.33. The molecule has 0 atom stereocenters. The Morgan fingerprint density at radius 2 is 2.27 bits per heavy atom. The lowest BCUT2D eigenvalue weighted by Gasteiger charge is -1.99. The van der Waals surface area contributed by atoms with Crippen LogP contribution in [0.2, 0.25) is 0 Å². The molecule has 1 aromatic carbocycles. The molecule has 2 radical (unpaired) electrons. The number of hydrogen-bond acceptors (Lipinski definition) is 2. The number of rotatable bonds is 1. The van der Waals surface area contributed by atoms with E-state index in [1.54, 1.807) is 12.1 Å². The average Bonchev–Trinajstić information content (AvgIpc) is 1.98. The normalized spacial score (nSPS) is 10.6. The van der Waals surface area contributed by atoms with Gasteiger partial charge in [0.05, 0.1) is 6.21 Å². The summed E-state index contributed by atoms with van der Waals surface area (Å²) < 4.78 is 0. The molecule has 0 aliphatic carbocycles. The van der Waals surface area contributed by atoms with E-state index in [0.29, 0.717) is 0 Å². The fraction of sp³-hybridized carbons (Fsp3) is 0.125. The van der Waals surface area contributed by atoms with Crippen LogP contribution in [0.1, 0.15) is 11.1 Å².